The normalized spacial score (nSPS) is 15.9. The Labute approximate surface area is 198 Å². The first-order chi connectivity index (χ1) is 16.4. The van der Waals surface area contributed by atoms with Gasteiger partial charge in [0, 0.05) is 11.1 Å². The SMILES string of the molecule is COc1ccc(C2C(C(=O)c3cc4ccccc4o3)=C(O)C(=O)N2c2ccc(F)c(Cl)c2)cc1. The van der Waals surface area contributed by atoms with Crippen LogP contribution in [0.3, 0.4) is 0 Å². The number of ether oxygens (including phenoxy) is 1. The number of carbonyl (C=O) groups excluding carboxylic acids is 2. The van der Waals surface area contributed by atoms with Crippen molar-refractivity contribution in [3.8, 4) is 5.75 Å². The third-order valence-electron chi connectivity index (χ3n) is 5.71. The minimum atomic E-state index is -1.01. The van der Waals surface area contributed by atoms with E-state index in [-0.39, 0.29) is 22.0 Å². The lowest BCUT2D eigenvalue weighted by atomic mass is 9.94. The van der Waals surface area contributed by atoms with Crippen molar-refractivity contribution < 1.29 is 28.2 Å². The summed E-state index contributed by atoms with van der Waals surface area (Å²) in [7, 11) is 1.52. The number of methoxy groups -OCH3 is 1. The molecule has 0 saturated carbocycles. The molecule has 1 amide bonds. The molecule has 1 unspecified atom stereocenters. The molecule has 0 aliphatic carbocycles. The predicted octanol–water partition coefficient (Wildman–Crippen LogP) is 6.02. The molecule has 6 nitrogen and oxygen atoms in total. The number of anilines is 1. The summed E-state index contributed by atoms with van der Waals surface area (Å²) in [5, 5.41) is 11.4. The van der Waals surface area contributed by atoms with Gasteiger partial charge in [-0.25, -0.2) is 4.39 Å². The van der Waals surface area contributed by atoms with Crippen LogP contribution in [0.4, 0.5) is 10.1 Å². The van der Waals surface area contributed by atoms with E-state index < -0.39 is 29.3 Å². The standard InChI is InChI=1S/C26H17ClFNO5/c1-33-17-9-6-14(7-10-17)23-22(24(30)21-12-15-4-2-3-5-20(15)34-21)25(31)26(32)29(23)16-8-11-19(28)18(27)13-16/h2-13,23,31H,1H3. The highest BCUT2D eigenvalue weighted by Crippen LogP contribution is 2.43. The van der Waals surface area contributed by atoms with Gasteiger partial charge in [-0.2, -0.15) is 0 Å². The number of nitrogens with zero attached hydrogens (tertiary/aromatic N) is 1. The molecular weight excluding hydrogens is 461 g/mol. The molecule has 1 N–H and O–H groups in total. The number of hydrogen-bond donors (Lipinski definition) is 1. The van der Waals surface area contributed by atoms with Gasteiger partial charge < -0.3 is 14.3 Å². The van der Waals surface area contributed by atoms with Crippen LogP contribution in [0.1, 0.15) is 22.2 Å². The van der Waals surface area contributed by atoms with Crippen molar-refractivity contribution in [3.63, 3.8) is 0 Å². The first kappa shape index (κ1) is 21.7. The quantitative estimate of drug-likeness (QED) is 0.356. The van der Waals surface area contributed by atoms with Crippen LogP contribution in [0.15, 0.2) is 88.5 Å². The van der Waals surface area contributed by atoms with Gasteiger partial charge >= 0.3 is 0 Å². The van der Waals surface area contributed by atoms with Gasteiger partial charge in [0.05, 0.1) is 23.7 Å². The Morgan fingerprint density at radius 2 is 1.82 bits per heavy atom. The molecule has 8 heteroatoms. The third kappa shape index (κ3) is 3.50. The summed E-state index contributed by atoms with van der Waals surface area (Å²) in [6.07, 6.45) is 0. The molecule has 0 fully saturated rings. The lowest BCUT2D eigenvalue weighted by molar-refractivity contribution is -0.117. The molecule has 0 spiro atoms. The van der Waals surface area contributed by atoms with Crippen LogP contribution in [-0.2, 0) is 4.79 Å². The summed E-state index contributed by atoms with van der Waals surface area (Å²) < 4.78 is 24.7. The Hall–Kier alpha value is -4.10. The van der Waals surface area contributed by atoms with E-state index in [4.69, 9.17) is 20.8 Å². The van der Waals surface area contributed by atoms with Crippen molar-refractivity contribution in [2.75, 3.05) is 12.0 Å². The van der Waals surface area contributed by atoms with Crippen molar-refractivity contribution in [1.82, 2.24) is 0 Å². The second-order valence-corrected chi connectivity index (χ2v) is 8.10. The van der Waals surface area contributed by atoms with E-state index in [0.29, 0.717) is 22.3 Å². The number of amides is 1. The zero-order valence-corrected chi connectivity index (χ0v) is 18.5. The molecule has 2 heterocycles. The molecule has 3 aromatic carbocycles. The Morgan fingerprint density at radius 1 is 1.09 bits per heavy atom. The molecular formula is C26H17ClFNO5. The maximum atomic E-state index is 13.8. The van der Waals surface area contributed by atoms with Crippen molar-refractivity contribution >= 4 is 39.9 Å². The van der Waals surface area contributed by atoms with E-state index in [2.05, 4.69) is 0 Å². The fourth-order valence-corrected chi connectivity index (χ4v) is 4.24. The molecule has 5 rings (SSSR count). The molecule has 1 aromatic heterocycles. The van der Waals surface area contributed by atoms with Gasteiger partial charge in [0.1, 0.15) is 17.1 Å². The Morgan fingerprint density at radius 3 is 2.50 bits per heavy atom. The second-order valence-electron chi connectivity index (χ2n) is 7.69. The number of furan rings is 1. The molecule has 1 aliphatic heterocycles. The average Bonchev–Trinajstić information content (AvgIpc) is 3.40. The zero-order chi connectivity index (χ0) is 24.0. The van der Waals surface area contributed by atoms with E-state index >= 15 is 0 Å². The predicted molar refractivity (Wildman–Crippen MR) is 125 cm³/mol. The van der Waals surface area contributed by atoms with Crippen LogP contribution in [-0.4, -0.2) is 23.9 Å². The monoisotopic (exact) mass is 477 g/mol. The van der Waals surface area contributed by atoms with Crippen molar-refractivity contribution in [3.05, 3.63) is 106 Å². The fraction of sp³-hybridized carbons (Fsp3) is 0.0769. The van der Waals surface area contributed by atoms with Gasteiger partial charge in [-0.1, -0.05) is 41.9 Å². The summed E-state index contributed by atoms with van der Waals surface area (Å²) >= 11 is 5.96. The molecule has 1 aliphatic rings. The van der Waals surface area contributed by atoms with E-state index in [0.717, 1.165) is 6.07 Å². The molecule has 1 atom stereocenters. The summed E-state index contributed by atoms with van der Waals surface area (Å²) in [5.41, 5.74) is 1.09. The number of aliphatic hydroxyl groups excluding tert-OH is 1. The number of rotatable bonds is 5. The minimum Gasteiger partial charge on any atom is -0.503 e. The van der Waals surface area contributed by atoms with Crippen molar-refractivity contribution in [2.45, 2.75) is 6.04 Å². The van der Waals surface area contributed by atoms with Gasteiger partial charge in [0.2, 0.25) is 5.78 Å². The first-order valence-corrected chi connectivity index (χ1v) is 10.7. The summed E-state index contributed by atoms with van der Waals surface area (Å²) in [5.74, 6) is -2.28. The van der Waals surface area contributed by atoms with Crippen molar-refractivity contribution in [2.24, 2.45) is 0 Å². The maximum Gasteiger partial charge on any atom is 0.294 e. The molecule has 4 aromatic rings. The fourth-order valence-electron chi connectivity index (χ4n) is 4.07. The minimum absolute atomic E-state index is 0.0203. The lowest BCUT2D eigenvalue weighted by Crippen LogP contribution is -2.31. The number of halogens is 2. The summed E-state index contributed by atoms with van der Waals surface area (Å²) in [4.78, 5) is 28.0. The van der Waals surface area contributed by atoms with E-state index in [1.54, 1.807) is 48.5 Å². The van der Waals surface area contributed by atoms with Gasteiger partial charge in [0.15, 0.2) is 11.5 Å². The molecule has 0 radical (unpaired) electrons. The second kappa shape index (κ2) is 8.35. The third-order valence-corrected chi connectivity index (χ3v) is 6.00. The Bertz CT molecular complexity index is 1440. The molecule has 0 saturated heterocycles. The van der Waals surface area contributed by atoms with Gasteiger partial charge in [-0.15, -0.1) is 0 Å². The number of hydrogen-bond acceptors (Lipinski definition) is 5. The highest BCUT2D eigenvalue weighted by Gasteiger charge is 2.45. The highest BCUT2D eigenvalue weighted by molar-refractivity contribution is 6.31. The van der Waals surface area contributed by atoms with E-state index in [1.807, 2.05) is 6.07 Å². The highest BCUT2D eigenvalue weighted by atomic mass is 35.5. The Balaban J connectivity index is 1.66. The van der Waals surface area contributed by atoms with Crippen LogP contribution in [0.25, 0.3) is 11.0 Å². The topological polar surface area (TPSA) is 80.0 Å². The Kier molecular flexibility index (Phi) is 5.34. The number of benzene rings is 3. The van der Waals surface area contributed by atoms with Crippen LogP contribution >= 0.6 is 11.6 Å². The van der Waals surface area contributed by atoms with Crippen molar-refractivity contribution in [1.29, 1.82) is 0 Å². The molecule has 0 bridgehead atoms. The van der Waals surface area contributed by atoms with Gasteiger partial charge in [-0.05, 0) is 48.0 Å². The van der Waals surface area contributed by atoms with Crippen LogP contribution in [0.5, 0.6) is 5.75 Å². The van der Waals surface area contributed by atoms with E-state index in [1.165, 1.54) is 24.1 Å². The first-order valence-electron chi connectivity index (χ1n) is 10.3. The maximum absolute atomic E-state index is 13.8. The molecule has 170 valence electrons. The van der Waals surface area contributed by atoms with Gasteiger partial charge in [-0.3, -0.25) is 14.5 Å². The van der Waals surface area contributed by atoms with Crippen LogP contribution in [0, 0.1) is 5.82 Å². The number of fused-ring (bicyclic) bond motifs is 1. The zero-order valence-electron chi connectivity index (χ0n) is 17.8. The average molecular weight is 478 g/mol. The number of para-hydroxylation sites is 1. The number of ketones is 1. The van der Waals surface area contributed by atoms with Gasteiger partial charge in [0.25, 0.3) is 5.91 Å². The van der Waals surface area contributed by atoms with E-state index in [9.17, 15) is 19.1 Å². The smallest absolute Gasteiger partial charge is 0.294 e. The summed E-state index contributed by atoms with van der Waals surface area (Å²) in [6.45, 7) is 0. The lowest BCUT2D eigenvalue weighted by Gasteiger charge is -2.27. The largest absolute Gasteiger partial charge is 0.503 e. The number of carbonyl (C=O) groups is 2. The van der Waals surface area contributed by atoms with Crippen LogP contribution in [0.2, 0.25) is 5.02 Å². The van der Waals surface area contributed by atoms with Crippen LogP contribution < -0.4 is 9.64 Å². The number of Topliss-reactive ketones (excluding diaryl/α,β-unsaturated/α-hetero) is 1. The number of aliphatic hydroxyl groups is 1. The summed E-state index contributed by atoms with van der Waals surface area (Å²) in [6, 6.07) is 18.1. The molecule has 34 heavy (non-hydrogen) atoms.